The second-order valence-corrected chi connectivity index (χ2v) is 9.57. The van der Waals surface area contributed by atoms with E-state index in [9.17, 15) is 29.8 Å². The zero-order valence-electron chi connectivity index (χ0n) is 22.1. The Morgan fingerprint density at radius 1 is 1.05 bits per heavy atom. The average Bonchev–Trinajstić information content (AvgIpc) is 2.88. The van der Waals surface area contributed by atoms with Crippen LogP contribution in [0.2, 0.25) is 0 Å². The molecule has 0 radical (unpaired) electrons. The summed E-state index contributed by atoms with van der Waals surface area (Å²) in [6, 6.07) is 5.54. The van der Waals surface area contributed by atoms with Gasteiger partial charge in [0.05, 0.1) is 28.6 Å². The SMILES string of the molecule is CCCCCCOC(=O)C1=C(C)NC(N)=C(C(=O)OC2CCCCC2O[N+](=O)[O-])C1c1cccc([N+](=O)[O-])c1. The van der Waals surface area contributed by atoms with Gasteiger partial charge in [0.1, 0.15) is 18.0 Å². The fourth-order valence-corrected chi connectivity index (χ4v) is 4.90. The van der Waals surface area contributed by atoms with Crippen LogP contribution < -0.4 is 11.1 Å². The molecule has 1 fully saturated rings. The van der Waals surface area contributed by atoms with Crippen molar-refractivity contribution in [3.8, 4) is 0 Å². The number of nitrogens with two attached hydrogens (primary N) is 1. The Morgan fingerprint density at radius 3 is 2.44 bits per heavy atom. The van der Waals surface area contributed by atoms with Crippen LogP contribution in [0, 0.1) is 20.2 Å². The summed E-state index contributed by atoms with van der Waals surface area (Å²) in [6.07, 6.45) is 3.70. The fraction of sp³-hybridized carbons (Fsp3) is 0.538. The number of hydrogen-bond donors (Lipinski definition) is 2. The van der Waals surface area contributed by atoms with E-state index in [-0.39, 0.29) is 34.8 Å². The summed E-state index contributed by atoms with van der Waals surface area (Å²) < 4.78 is 11.2. The number of nitrogens with one attached hydrogen (secondary N) is 1. The minimum absolute atomic E-state index is 0.0638. The van der Waals surface area contributed by atoms with Crippen molar-refractivity contribution in [3.63, 3.8) is 0 Å². The van der Waals surface area contributed by atoms with Crippen molar-refractivity contribution < 1.29 is 33.9 Å². The number of carbonyl (C=O) groups is 2. The average molecular weight is 547 g/mol. The molecule has 39 heavy (non-hydrogen) atoms. The third kappa shape index (κ3) is 7.45. The summed E-state index contributed by atoms with van der Waals surface area (Å²) in [5.41, 5.74) is 6.50. The molecule has 0 aromatic heterocycles. The maximum Gasteiger partial charge on any atom is 0.339 e. The molecule has 1 aromatic rings. The molecule has 3 rings (SSSR count). The van der Waals surface area contributed by atoms with E-state index in [2.05, 4.69) is 12.2 Å². The minimum Gasteiger partial charge on any atom is -0.462 e. The summed E-state index contributed by atoms with van der Waals surface area (Å²) >= 11 is 0. The fourth-order valence-electron chi connectivity index (χ4n) is 4.90. The van der Waals surface area contributed by atoms with E-state index in [1.165, 1.54) is 18.2 Å². The molecule has 212 valence electrons. The van der Waals surface area contributed by atoms with E-state index in [1.54, 1.807) is 13.0 Å². The van der Waals surface area contributed by atoms with E-state index in [0.717, 1.165) is 19.3 Å². The minimum atomic E-state index is -1.14. The highest BCUT2D eigenvalue weighted by molar-refractivity contribution is 6.00. The molecule has 0 bridgehead atoms. The monoisotopic (exact) mass is 546 g/mol. The number of nitro groups is 1. The molecule has 3 unspecified atom stereocenters. The first-order valence-electron chi connectivity index (χ1n) is 13.0. The van der Waals surface area contributed by atoms with E-state index in [4.69, 9.17) is 20.0 Å². The zero-order chi connectivity index (χ0) is 28.5. The van der Waals surface area contributed by atoms with Crippen molar-refractivity contribution in [1.82, 2.24) is 5.32 Å². The van der Waals surface area contributed by atoms with Gasteiger partial charge in [-0.3, -0.25) is 10.1 Å². The highest BCUT2D eigenvalue weighted by Crippen LogP contribution is 2.40. The van der Waals surface area contributed by atoms with Gasteiger partial charge in [-0.1, -0.05) is 44.7 Å². The highest BCUT2D eigenvalue weighted by atomic mass is 17.0. The first kappa shape index (κ1) is 29.4. The molecular formula is C26H34N4O9. The van der Waals surface area contributed by atoms with Crippen LogP contribution in [-0.4, -0.2) is 40.8 Å². The van der Waals surface area contributed by atoms with Crippen molar-refractivity contribution in [3.05, 3.63) is 72.7 Å². The maximum absolute atomic E-state index is 13.6. The van der Waals surface area contributed by atoms with Crippen LogP contribution in [-0.2, 0) is 23.9 Å². The normalized spacial score (nSPS) is 21.1. The van der Waals surface area contributed by atoms with Gasteiger partial charge in [0.15, 0.2) is 0 Å². The number of carbonyl (C=O) groups excluding carboxylic acids is 2. The predicted octanol–water partition coefficient (Wildman–Crippen LogP) is 3.91. The quantitative estimate of drug-likeness (QED) is 0.167. The van der Waals surface area contributed by atoms with Gasteiger partial charge in [0, 0.05) is 17.8 Å². The van der Waals surface area contributed by atoms with Crippen molar-refractivity contribution >= 4 is 17.6 Å². The molecule has 13 nitrogen and oxygen atoms in total. The molecule has 0 spiro atoms. The predicted molar refractivity (Wildman–Crippen MR) is 138 cm³/mol. The summed E-state index contributed by atoms with van der Waals surface area (Å²) in [4.78, 5) is 53.5. The molecule has 13 heteroatoms. The van der Waals surface area contributed by atoms with Gasteiger partial charge in [-0.2, -0.15) is 0 Å². The van der Waals surface area contributed by atoms with Crippen molar-refractivity contribution in [1.29, 1.82) is 0 Å². The standard InChI is InChI=1S/C26H34N4O9/c1-3-4-5-8-14-37-25(31)21-16(2)28-24(27)23(22(21)17-10-9-11-18(15-17)29(33)34)26(32)38-19-12-6-7-13-20(19)39-30(35)36/h9-11,15,19-20,22,28H,3-8,12-14,27H2,1-2H3. The van der Waals surface area contributed by atoms with Crippen molar-refractivity contribution in [2.75, 3.05) is 6.61 Å². The number of allylic oxidation sites excluding steroid dienone is 1. The second kappa shape index (κ2) is 13.6. The molecule has 1 aliphatic heterocycles. The number of hydrogen-bond acceptors (Lipinski definition) is 11. The lowest BCUT2D eigenvalue weighted by atomic mass is 9.81. The van der Waals surface area contributed by atoms with Crippen LogP contribution in [0.15, 0.2) is 46.9 Å². The molecule has 1 saturated carbocycles. The second-order valence-electron chi connectivity index (χ2n) is 9.57. The van der Waals surface area contributed by atoms with Crippen LogP contribution in [0.1, 0.15) is 76.7 Å². The Balaban J connectivity index is 1.97. The summed E-state index contributed by atoms with van der Waals surface area (Å²) in [7, 11) is 0. The van der Waals surface area contributed by atoms with Crippen molar-refractivity contribution in [2.24, 2.45) is 5.73 Å². The molecule has 3 N–H and O–H groups in total. The first-order valence-corrected chi connectivity index (χ1v) is 13.0. The number of nitro benzene ring substituents is 1. The topological polar surface area (TPSA) is 186 Å². The Morgan fingerprint density at radius 2 is 1.77 bits per heavy atom. The van der Waals surface area contributed by atoms with Crippen LogP contribution >= 0.6 is 0 Å². The van der Waals surface area contributed by atoms with Gasteiger partial charge < -0.3 is 25.4 Å². The van der Waals surface area contributed by atoms with E-state index in [0.29, 0.717) is 37.8 Å². The lowest BCUT2D eigenvalue weighted by molar-refractivity contribution is -0.771. The summed E-state index contributed by atoms with van der Waals surface area (Å²) in [5, 5.41) is 24.4. The number of unbranched alkanes of at least 4 members (excludes halogenated alkanes) is 3. The Bertz CT molecular complexity index is 1160. The molecule has 1 aliphatic carbocycles. The van der Waals surface area contributed by atoms with Crippen LogP contribution in [0.25, 0.3) is 0 Å². The first-order chi connectivity index (χ1) is 18.6. The zero-order valence-corrected chi connectivity index (χ0v) is 22.1. The van der Waals surface area contributed by atoms with Gasteiger partial charge in [-0.25, -0.2) is 9.59 Å². The van der Waals surface area contributed by atoms with Gasteiger partial charge in [0.25, 0.3) is 10.8 Å². The molecule has 3 atom stereocenters. The number of esters is 2. The number of dihydropyridines is 1. The molecule has 0 saturated heterocycles. The maximum atomic E-state index is 13.6. The molecule has 1 aromatic carbocycles. The van der Waals surface area contributed by atoms with Gasteiger partial charge in [0.2, 0.25) is 0 Å². The molecule has 0 amide bonds. The Labute approximate surface area is 225 Å². The summed E-state index contributed by atoms with van der Waals surface area (Å²) in [6.45, 7) is 3.82. The summed E-state index contributed by atoms with van der Waals surface area (Å²) in [5.74, 6) is -2.85. The van der Waals surface area contributed by atoms with Crippen LogP contribution in [0.5, 0.6) is 0 Å². The van der Waals surface area contributed by atoms with Gasteiger partial charge >= 0.3 is 11.9 Å². The number of benzene rings is 1. The Kier molecular flexibility index (Phi) is 10.2. The number of non-ortho nitro benzene ring substituents is 1. The smallest absolute Gasteiger partial charge is 0.339 e. The molecular weight excluding hydrogens is 512 g/mol. The lowest BCUT2D eigenvalue weighted by Gasteiger charge is -2.33. The number of rotatable bonds is 12. The number of ether oxygens (including phenoxy) is 2. The molecule has 2 aliphatic rings. The van der Waals surface area contributed by atoms with Crippen LogP contribution in [0.3, 0.4) is 0 Å². The largest absolute Gasteiger partial charge is 0.462 e. The van der Waals surface area contributed by atoms with Crippen molar-refractivity contribution in [2.45, 2.75) is 83.3 Å². The third-order valence-corrected chi connectivity index (χ3v) is 6.80. The highest BCUT2D eigenvalue weighted by Gasteiger charge is 2.41. The van der Waals surface area contributed by atoms with E-state index < -0.39 is 40.1 Å². The van der Waals surface area contributed by atoms with E-state index in [1.807, 2.05) is 0 Å². The third-order valence-electron chi connectivity index (χ3n) is 6.80. The van der Waals surface area contributed by atoms with Gasteiger partial charge in [-0.15, -0.1) is 10.1 Å². The van der Waals surface area contributed by atoms with Crippen LogP contribution in [0.4, 0.5) is 5.69 Å². The Hall–Kier alpha value is -4.16. The lowest BCUT2D eigenvalue weighted by Crippen LogP contribution is -2.41. The molecule has 1 heterocycles. The van der Waals surface area contributed by atoms with Gasteiger partial charge in [-0.05, 0) is 38.2 Å². The number of nitrogens with zero attached hydrogens (tertiary/aromatic N) is 2. The van der Waals surface area contributed by atoms with E-state index >= 15 is 0 Å².